The van der Waals surface area contributed by atoms with E-state index in [2.05, 4.69) is 47.9 Å². The second kappa shape index (κ2) is 8.87. The standard InChI is InChI=1S/C29H24N2O3/c1-19-8-7-11-22(16-19)31-27-18-24(34-23-12-14-25(20(2)17-23)29(32)33-3)13-15-26(27)30-28(31)21-9-5-4-6-10-21/h4-18H,1-3H3. The van der Waals surface area contributed by atoms with E-state index in [1.807, 2.05) is 49.4 Å². The molecule has 0 saturated carbocycles. The van der Waals surface area contributed by atoms with E-state index in [1.54, 1.807) is 12.1 Å². The van der Waals surface area contributed by atoms with Gasteiger partial charge in [0.1, 0.15) is 17.3 Å². The molecule has 4 aromatic carbocycles. The number of aryl methyl sites for hydroxylation is 2. The summed E-state index contributed by atoms with van der Waals surface area (Å²) >= 11 is 0. The van der Waals surface area contributed by atoms with E-state index in [1.165, 1.54) is 12.7 Å². The Morgan fingerprint density at radius 1 is 0.824 bits per heavy atom. The van der Waals surface area contributed by atoms with E-state index >= 15 is 0 Å². The van der Waals surface area contributed by atoms with Crippen LogP contribution >= 0.6 is 0 Å². The number of rotatable bonds is 5. The van der Waals surface area contributed by atoms with Crippen molar-refractivity contribution in [1.29, 1.82) is 0 Å². The van der Waals surface area contributed by atoms with Crippen LogP contribution in [0.2, 0.25) is 0 Å². The summed E-state index contributed by atoms with van der Waals surface area (Å²) in [4.78, 5) is 16.8. The van der Waals surface area contributed by atoms with Gasteiger partial charge in [-0.15, -0.1) is 0 Å². The number of methoxy groups -OCH3 is 1. The average Bonchev–Trinajstić information content (AvgIpc) is 3.23. The van der Waals surface area contributed by atoms with Gasteiger partial charge in [0.05, 0.1) is 23.7 Å². The van der Waals surface area contributed by atoms with Crippen LogP contribution < -0.4 is 4.74 Å². The normalized spacial score (nSPS) is 10.9. The van der Waals surface area contributed by atoms with Crippen molar-refractivity contribution in [3.8, 4) is 28.6 Å². The number of nitrogens with zero attached hydrogens (tertiary/aromatic N) is 2. The zero-order valence-electron chi connectivity index (χ0n) is 19.3. The highest BCUT2D eigenvalue weighted by Crippen LogP contribution is 2.33. The Balaban J connectivity index is 1.61. The molecule has 168 valence electrons. The maximum Gasteiger partial charge on any atom is 0.338 e. The molecule has 0 unspecified atom stereocenters. The Morgan fingerprint density at radius 3 is 2.32 bits per heavy atom. The van der Waals surface area contributed by atoms with E-state index in [9.17, 15) is 4.79 Å². The molecule has 0 aliphatic rings. The number of fused-ring (bicyclic) bond motifs is 1. The van der Waals surface area contributed by atoms with Gasteiger partial charge in [-0.3, -0.25) is 4.57 Å². The van der Waals surface area contributed by atoms with Crippen molar-refractivity contribution in [3.05, 3.63) is 108 Å². The minimum Gasteiger partial charge on any atom is -0.465 e. The molecule has 0 aliphatic carbocycles. The van der Waals surface area contributed by atoms with Crippen LogP contribution in [0, 0.1) is 13.8 Å². The fourth-order valence-corrected chi connectivity index (χ4v) is 4.10. The lowest BCUT2D eigenvalue weighted by molar-refractivity contribution is 0.0600. The second-order valence-corrected chi connectivity index (χ2v) is 8.20. The van der Waals surface area contributed by atoms with Gasteiger partial charge in [-0.05, 0) is 67.4 Å². The number of benzene rings is 4. The molecule has 1 heterocycles. The van der Waals surface area contributed by atoms with Crippen LogP contribution in [-0.4, -0.2) is 22.6 Å². The van der Waals surface area contributed by atoms with Gasteiger partial charge in [-0.2, -0.15) is 0 Å². The van der Waals surface area contributed by atoms with Crippen molar-refractivity contribution in [1.82, 2.24) is 9.55 Å². The summed E-state index contributed by atoms with van der Waals surface area (Å²) in [6, 6.07) is 29.8. The van der Waals surface area contributed by atoms with E-state index in [0.29, 0.717) is 17.1 Å². The first-order chi connectivity index (χ1) is 16.5. The van der Waals surface area contributed by atoms with Crippen LogP contribution in [0.3, 0.4) is 0 Å². The monoisotopic (exact) mass is 448 g/mol. The Bertz CT molecular complexity index is 1500. The summed E-state index contributed by atoms with van der Waals surface area (Å²) in [7, 11) is 1.38. The third-order valence-electron chi connectivity index (χ3n) is 5.76. The van der Waals surface area contributed by atoms with Crippen molar-refractivity contribution in [2.24, 2.45) is 0 Å². The maximum atomic E-state index is 11.9. The van der Waals surface area contributed by atoms with Crippen molar-refractivity contribution >= 4 is 17.0 Å². The Kier molecular flexibility index (Phi) is 5.60. The van der Waals surface area contributed by atoms with Gasteiger partial charge in [0, 0.05) is 17.3 Å². The number of carbonyl (C=O) groups excluding carboxylic acids is 1. The molecule has 0 radical (unpaired) electrons. The molecule has 34 heavy (non-hydrogen) atoms. The Morgan fingerprint density at radius 2 is 1.59 bits per heavy atom. The smallest absolute Gasteiger partial charge is 0.338 e. The summed E-state index contributed by atoms with van der Waals surface area (Å²) in [5, 5.41) is 0. The van der Waals surface area contributed by atoms with Gasteiger partial charge in [0.2, 0.25) is 0 Å². The van der Waals surface area contributed by atoms with Gasteiger partial charge >= 0.3 is 5.97 Å². The molecule has 0 bridgehead atoms. The van der Waals surface area contributed by atoms with Crippen LogP contribution in [0.5, 0.6) is 11.5 Å². The van der Waals surface area contributed by atoms with Gasteiger partial charge in [-0.1, -0.05) is 42.5 Å². The average molecular weight is 449 g/mol. The number of aromatic nitrogens is 2. The highest BCUT2D eigenvalue weighted by Gasteiger charge is 2.16. The molecule has 0 fully saturated rings. The predicted molar refractivity (Wildman–Crippen MR) is 134 cm³/mol. The number of carbonyl (C=O) groups is 1. The van der Waals surface area contributed by atoms with E-state index in [4.69, 9.17) is 14.5 Å². The highest BCUT2D eigenvalue weighted by atomic mass is 16.5. The molecule has 5 rings (SSSR count). The lowest BCUT2D eigenvalue weighted by Gasteiger charge is -2.12. The van der Waals surface area contributed by atoms with Gasteiger partial charge in [0.25, 0.3) is 0 Å². The third kappa shape index (κ3) is 4.04. The first kappa shape index (κ1) is 21.5. The molecule has 0 N–H and O–H groups in total. The van der Waals surface area contributed by atoms with Crippen molar-refractivity contribution in [2.45, 2.75) is 13.8 Å². The van der Waals surface area contributed by atoms with Crippen LogP contribution in [0.4, 0.5) is 0 Å². The van der Waals surface area contributed by atoms with Gasteiger partial charge in [0.15, 0.2) is 0 Å². The van der Waals surface area contributed by atoms with Crippen LogP contribution in [-0.2, 0) is 4.74 Å². The van der Waals surface area contributed by atoms with Crippen molar-refractivity contribution < 1.29 is 14.3 Å². The van der Waals surface area contributed by atoms with Crippen LogP contribution in [0.25, 0.3) is 28.1 Å². The Labute approximate surface area is 198 Å². The quantitative estimate of drug-likeness (QED) is 0.275. The van der Waals surface area contributed by atoms with Crippen LogP contribution in [0.15, 0.2) is 91.0 Å². The summed E-state index contributed by atoms with van der Waals surface area (Å²) in [5.74, 6) is 1.85. The summed E-state index contributed by atoms with van der Waals surface area (Å²) in [6.07, 6.45) is 0. The number of imidazole rings is 1. The molecule has 0 spiro atoms. The minimum absolute atomic E-state index is 0.360. The molecule has 0 amide bonds. The molecule has 0 saturated heterocycles. The fraction of sp³-hybridized carbons (Fsp3) is 0.103. The lowest BCUT2D eigenvalue weighted by atomic mass is 10.1. The van der Waals surface area contributed by atoms with E-state index in [0.717, 1.165) is 33.7 Å². The summed E-state index contributed by atoms with van der Waals surface area (Å²) in [5.41, 5.74) is 6.40. The Hall–Kier alpha value is -4.38. The summed E-state index contributed by atoms with van der Waals surface area (Å²) in [6.45, 7) is 3.95. The number of esters is 1. The zero-order chi connectivity index (χ0) is 23.7. The minimum atomic E-state index is -0.360. The largest absolute Gasteiger partial charge is 0.465 e. The molecular weight excluding hydrogens is 424 g/mol. The van der Waals surface area contributed by atoms with Crippen LogP contribution in [0.1, 0.15) is 21.5 Å². The number of hydrogen-bond donors (Lipinski definition) is 0. The molecule has 5 heteroatoms. The SMILES string of the molecule is COC(=O)c1ccc(Oc2ccc3nc(-c4ccccc4)n(-c4cccc(C)c4)c3c2)cc1C. The van der Waals surface area contributed by atoms with Crippen molar-refractivity contribution in [2.75, 3.05) is 7.11 Å². The first-order valence-electron chi connectivity index (χ1n) is 11.1. The van der Waals surface area contributed by atoms with Gasteiger partial charge in [-0.25, -0.2) is 9.78 Å². The highest BCUT2D eigenvalue weighted by molar-refractivity contribution is 5.91. The number of hydrogen-bond acceptors (Lipinski definition) is 4. The molecule has 0 atom stereocenters. The third-order valence-corrected chi connectivity index (χ3v) is 5.76. The summed E-state index contributed by atoms with van der Waals surface area (Å²) < 4.78 is 13.2. The number of ether oxygens (including phenoxy) is 2. The molecular formula is C29H24N2O3. The first-order valence-corrected chi connectivity index (χ1v) is 11.1. The predicted octanol–water partition coefficient (Wildman–Crippen LogP) is 6.89. The van der Waals surface area contributed by atoms with Crippen molar-refractivity contribution in [3.63, 3.8) is 0 Å². The fourth-order valence-electron chi connectivity index (χ4n) is 4.10. The lowest BCUT2D eigenvalue weighted by Crippen LogP contribution is -2.03. The van der Waals surface area contributed by atoms with E-state index in [-0.39, 0.29) is 5.97 Å². The van der Waals surface area contributed by atoms with Gasteiger partial charge < -0.3 is 9.47 Å². The molecule has 5 nitrogen and oxygen atoms in total. The maximum absolute atomic E-state index is 11.9. The molecule has 5 aromatic rings. The molecule has 0 aliphatic heterocycles. The zero-order valence-corrected chi connectivity index (χ0v) is 19.3. The molecule has 1 aromatic heterocycles. The topological polar surface area (TPSA) is 53.4 Å². The van der Waals surface area contributed by atoms with E-state index < -0.39 is 0 Å². The second-order valence-electron chi connectivity index (χ2n) is 8.20.